The summed E-state index contributed by atoms with van der Waals surface area (Å²) < 4.78 is 26.1. The number of aromatic nitrogens is 4. The number of carbonyl (C=O) groups is 1. The molecule has 0 aliphatic carbocycles. The number of carbonyl (C=O) groups excluding carboxylic acids is 1. The standard InChI is InChI=1S/C19H16FN5O4/c1-28-13-6-12(7-14(8-13)29-2)22-17(26)9-25-19(27)24-10-21-16-4-3-11(20)5-15(16)18(24)23-25/h3-8,10H,9H2,1-2H3,(H,22,26). The van der Waals surface area contributed by atoms with E-state index in [-0.39, 0.29) is 12.2 Å². The van der Waals surface area contributed by atoms with Crippen molar-refractivity contribution in [2.75, 3.05) is 19.5 Å². The summed E-state index contributed by atoms with van der Waals surface area (Å²) in [6.07, 6.45) is 1.30. The monoisotopic (exact) mass is 397 g/mol. The molecule has 0 aliphatic rings. The van der Waals surface area contributed by atoms with Crippen LogP contribution in [0.1, 0.15) is 0 Å². The van der Waals surface area contributed by atoms with Crippen LogP contribution in [-0.4, -0.2) is 39.3 Å². The molecule has 4 rings (SSSR count). The fourth-order valence-electron chi connectivity index (χ4n) is 2.95. The molecule has 0 atom stereocenters. The van der Waals surface area contributed by atoms with E-state index in [1.807, 2.05) is 0 Å². The highest BCUT2D eigenvalue weighted by Crippen LogP contribution is 2.25. The Morgan fingerprint density at radius 1 is 1.14 bits per heavy atom. The van der Waals surface area contributed by atoms with Gasteiger partial charge in [0, 0.05) is 29.3 Å². The van der Waals surface area contributed by atoms with E-state index < -0.39 is 17.4 Å². The van der Waals surface area contributed by atoms with E-state index in [0.29, 0.717) is 28.1 Å². The number of fused-ring (bicyclic) bond motifs is 3. The van der Waals surface area contributed by atoms with E-state index in [1.54, 1.807) is 18.2 Å². The van der Waals surface area contributed by atoms with Gasteiger partial charge in [0.25, 0.3) is 0 Å². The van der Waals surface area contributed by atoms with Crippen LogP contribution in [-0.2, 0) is 11.3 Å². The van der Waals surface area contributed by atoms with E-state index in [2.05, 4.69) is 15.4 Å². The average Bonchev–Trinajstić information content (AvgIpc) is 3.03. The second kappa shape index (κ2) is 7.23. The normalized spacial score (nSPS) is 11.0. The van der Waals surface area contributed by atoms with Crippen LogP contribution in [0, 0.1) is 5.82 Å². The van der Waals surface area contributed by atoms with Crippen molar-refractivity contribution in [2.45, 2.75) is 6.54 Å². The zero-order valence-corrected chi connectivity index (χ0v) is 15.5. The summed E-state index contributed by atoms with van der Waals surface area (Å²) in [4.78, 5) is 29.1. The maximum absolute atomic E-state index is 13.6. The molecule has 0 fully saturated rings. The highest BCUT2D eigenvalue weighted by Gasteiger charge is 2.15. The number of nitrogens with zero attached hydrogens (tertiary/aromatic N) is 4. The second-order valence-electron chi connectivity index (χ2n) is 6.19. The van der Waals surface area contributed by atoms with Crippen LogP contribution in [0.15, 0.2) is 47.5 Å². The molecule has 0 unspecified atom stereocenters. The van der Waals surface area contributed by atoms with Gasteiger partial charge in [0.05, 0.1) is 19.7 Å². The molecule has 2 aromatic heterocycles. The molecule has 10 heteroatoms. The van der Waals surface area contributed by atoms with Gasteiger partial charge in [0.2, 0.25) is 5.91 Å². The van der Waals surface area contributed by atoms with Gasteiger partial charge in [0.1, 0.15) is 30.2 Å². The van der Waals surface area contributed by atoms with Gasteiger partial charge in [-0.05, 0) is 18.2 Å². The van der Waals surface area contributed by atoms with Crippen LogP contribution in [0.5, 0.6) is 11.5 Å². The Kier molecular flexibility index (Phi) is 4.59. The zero-order chi connectivity index (χ0) is 20.5. The molecule has 0 saturated carbocycles. The first-order chi connectivity index (χ1) is 14.0. The van der Waals surface area contributed by atoms with E-state index in [0.717, 1.165) is 4.68 Å². The van der Waals surface area contributed by atoms with E-state index in [4.69, 9.17) is 9.47 Å². The SMILES string of the molecule is COc1cc(NC(=O)Cn2nc3c4cc(F)ccc4ncn3c2=O)cc(OC)c1. The molecule has 29 heavy (non-hydrogen) atoms. The molecule has 1 amide bonds. The molecule has 0 aliphatic heterocycles. The summed E-state index contributed by atoms with van der Waals surface area (Å²) in [5.41, 5.74) is 0.591. The van der Waals surface area contributed by atoms with E-state index >= 15 is 0 Å². The van der Waals surface area contributed by atoms with Crippen LogP contribution in [0.3, 0.4) is 0 Å². The van der Waals surface area contributed by atoms with Crippen molar-refractivity contribution < 1.29 is 18.7 Å². The lowest BCUT2D eigenvalue weighted by Gasteiger charge is -2.09. The minimum absolute atomic E-state index is 0.218. The number of ether oxygens (including phenoxy) is 2. The third kappa shape index (κ3) is 3.47. The molecule has 0 saturated heterocycles. The Labute approximate surface area is 163 Å². The number of hydrogen-bond acceptors (Lipinski definition) is 6. The molecule has 0 spiro atoms. The minimum atomic E-state index is -0.558. The van der Waals surface area contributed by atoms with E-state index in [1.165, 1.54) is 43.1 Å². The zero-order valence-electron chi connectivity index (χ0n) is 15.5. The van der Waals surface area contributed by atoms with Crippen molar-refractivity contribution >= 4 is 28.1 Å². The summed E-state index contributed by atoms with van der Waals surface area (Å²) in [6, 6.07) is 8.92. The van der Waals surface area contributed by atoms with Gasteiger partial charge >= 0.3 is 5.69 Å². The first kappa shape index (κ1) is 18.4. The first-order valence-corrected chi connectivity index (χ1v) is 8.55. The Hall–Kier alpha value is -3.95. The molecule has 1 N–H and O–H groups in total. The summed E-state index contributed by atoms with van der Waals surface area (Å²) in [5, 5.41) is 7.23. The van der Waals surface area contributed by atoms with Gasteiger partial charge in [-0.3, -0.25) is 4.79 Å². The molecule has 2 aromatic carbocycles. The fourth-order valence-corrected chi connectivity index (χ4v) is 2.95. The van der Waals surface area contributed by atoms with Gasteiger partial charge in [-0.25, -0.2) is 23.3 Å². The highest BCUT2D eigenvalue weighted by atomic mass is 19.1. The topological polar surface area (TPSA) is 99.7 Å². The third-order valence-electron chi connectivity index (χ3n) is 4.31. The molecular formula is C19H16FN5O4. The van der Waals surface area contributed by atoms with Crippen LogP contribution in [0.2, 0.25) is 0 Å². The second-order valence-corrected chi connectivity index (χ2v) is 6.19. The number of methoxy groups -OCH3 is 2. The average molecular weight is 397 g/mol. The first-order valence-electron chi connectivity index (χ1n) is 8.55. The number of amides is 1. The maximum Gasteiger partial charge on any atom is 0.352 e. The maximum atomic E-state index is 13.6. The van der Waals surface area contributed by atoms with Crippen LogP contribution < -0.4 is 20.5 Å². The molecular weight excluding hydrogens is 381 g/mol. The molecule has 9 nitrogen and oxygen atoms in total. The number of anilines is 1. The largest absolute Gasteiger partial charge is 0.497 e. The number of hydrogen-bond donors (Lipinski definition) is 1. The molecule has 2 heterocycles. The Morgan fingerprint density at radius 2 is 1.86 bits per heavy atom. The lowest BCUT2D eigenvalue weighted by atomic mass is 10.2. The van der Waals surface area contributed by atoms with Crippen LogP contribution in [0.25, 0.3) is 16.6 Å². The lowest BCUT2D eigenvalue weighted by molar-refractivity contribution is -0.117. The lowest BCUT2D eigenvalue weighted by Crippen LogP contribution is -2.28. The van der Waals surface area contributed by atoms with Crippen molar-refractivity contribution in [3.05, 3.63) is 59.0 Å². The Morgan fingerprint density at radius 3 is 2.55 bits per heavy atom. The van der Waals surface area contributed by atoms with Gasteiger partial charge in [0.15, 0.2) is 5.65 Å². The van der Waals surface area contributed by atoms with Gasteiger partial charge in [-0.1, -0.05) is 0 Å². The molecule has 4 aromatic rings. The van der Waals surface area contributed by atoms with Crippen molar-refractivity contribution in [1.82, 2.24) is 19.2 Å². The number of benzene rings is 2. The summed E-state index contributed by atoms with van der Waals surface area (Å²) >= 11 is 0. The van der Waals surface area contributed by atoms with E-state index in [9.17, 15) is 14.0 Å². The minimum Gasteiger partial charge on any atom is -0.497 e. The van der Waals surface area contributed by atoms with Gasteiger partial charge < -0.3 is 14.8 Å². The molecule has 0 bridgehead atoms. The molecule has 0 radical (unpaired) electrons. The van der Waals surface area contributed by atoms with Crippen molar-refractivity contribution in [3.8, 4) is 11.5 Å². The number of rotatable bonds is 5. The van der Waals surface area contributed by atoms with Crippen molar-refractivity contribution in [1.29, 1.82) is 0 Å². The smallest absolute Gasteiger partial charge is 0.352 e. The third-order valence-corrected chi connectivity index (χ3v) is 4.31. The van der Waals surface area contributed by atoms with Crippen LogP contribution in [0.4, 0.5) is 10.1 Å². The predicted molar refractivity (Wildman–Crippen MR) is 103 cm³/mol. The molecule has 148 valence electrons. The van der Waals surface area contributed by atoms with Crippen molar-refractivity contribution in [3.63, 3.8) is 0 Å². The Balaban J connectivity index is 1.65. The predicted octanol–water partition coefficient (Wildman–Crippen LogP) is 1.84. The highest BCUT2D eigenvalue weighted by molar-refractivity contribution is 5.92. The number of halogens is 1. The Bertz CT molecular complexity index is 1270. The van der Waals surface area contributed by atoms with Crippen LogP contribution >= 0.6 is 0 Å². The summed E-state index contributed by atoms with van der Waals surface area (Å²) in [6.45, 7) is -0.336. The number of nitrogens with one attached hydrogen (secondary N) is 1. The summed E-state index contributed by atoms with van der Waals surface area (Å²) in [5.74, 6) is 0.0570. The van der Waals surface area contributed by atoms with Gasteiger partial charge in [-0.15, -0.1) is 5.10 Å². The van der Waals surface area contributed by atoms with Gasteiger partial charge in [-0.2, -0.15) is 0 Å². The fraction of sp³-hybridized carbons (Fsp3) is 0.158. The van der Waals surface area contributed by atoms with Crippen molar-refractivity contribution in [2.24, 2.45) is 0 Å². The quantitative estimate of drug-likeness (QED) is 0.552. The summed E-state index contributed by atoms with van der Waals surface area (Å²) in [7, 11) is 3.00.